The first kappa shape index (κ1) is 14.4. The second-order valence-corrected chi connectivity index (χ2v) is 4.99. The fourth-order valence-corrected chi connectivity index (χ4v) is 1.92. The molecule has 0 bridgehead atoms. The van der Waals surface area contributed by atoms with Gasteiger partial charge in [-0.25, -0.2) is 13.2 Å². The molecule has 0 atom stereocenters. The average Bonchev–Trinajstić information content (AvgIpc) is 2.38. The first-order chi connectivity index (χ1) is 9.47. The van der Waals surface area contributed by atoms with Gasteiger partial charge in [0.2, 0.25) is 0 Å². The van der Waals surface area contributed by atoms with Crippen molar-refractivity contribution in [3.8, 4) is 0 Å². The van der Waals surface area contributed by atoms with Crippen molar-refractivity contribution in [2.75, 3.05) is 5.32 Å². The maximum atomic E-state index is 13.4. The minimum absolute atomic E-state index is 0.276. The summed E-state index contributed by atoms with van der Waals surface area (Å²) in [5.41, 5.74) is 1.80. The van der Waals surface area contributed by atoms with Gasteiger partial charge in [-0.2, -0.15) is 0 Å². The van der Waals surface area contributed by atoms with Crippen molar-refractivity contribution in [1.82, 2.24) is 0 Å². The third-order valence-corrected chi connectivity index (χ3v) is 3.12. The zero-order valence-electron chi connectivity index (χ0n) is 11.4. The molecule has 0 heterocycles. The number of anilines is 1. The van der Waals surface area contributed by atoms with Crippen LogP contribution in [0.4, 0.5) is 18.9 Å². The Kier molecular flexibility index (Phi) is 4.32. The van der Waals surface area contributed by atoms with Crippen LogP contribution in [0.3, 0.4) is 0 Å². The summed E-state index contributed by atoms with van der Waals surface area (Å²) in [6, 6.07) is 9.10. The minimum Gasteiger partial charge on any atom is -0.376 e. The molecule has 0 unspecified atom stereocenters. The van der Waals surface area contributed by atoms with Crippen LogP contribution >= 0.6 is 0 Å². The summed E-state index contributed by atoms with van der Waals surface area (Å²) in [7, 11) is 0. The number of halogens is 3. The lowest BCUT2D eigenvalue weighted by Gasteiger charge is -2.10. The van der Waals surface area contributed by atoms with Crippen molar-refractivity contribution < 1.29 is 13.2 Å². The SMILES string of the molecule is CC(C)c1ccc(CNc2c(F)cc(F)cc2F)cc1. The van der Waals surface area contributed by atoms with Crippen LogP contribution in [0.15, 0.2) is 36.4 Å². The molecule has 0 saturated heterocycles. The lowest BCUT2D eigenvalue weighted by atomic mass is 10.0. The smallest absolute Gasteiger partial charge is 0.152 e. The molecule has 0 spiro atoms. The Balaban J connectivity index is 2.09. The maximum absolute atomic E-state index is 13.4. The lowest BCUT2D eigenvalue weighted by molar-refractivity contribution is 0.547. The van der Waals surface area contributed by atoms with Crippen LogP contribution in [0.5, 0.6) is 0 Å². The molecule has 106 valence electrons. The molecular formula is C16H16F3N. The van der Waals surface area contributed by atoms with Crippen molar-refractivity contribution in [2.24, 2.45) is 0 Å². The van der Waals surface area contributed by atoms with Crippen LogP contribution in [0, 0.1) is 17.5 Å². The molecule has 20 heavy (non-hydrogen) atoms. The monoisotopic (exact) mass is 279 g/mol. The minimum atomic E-state index is -0.929. The number of hydrogen-bond donors (Lipinski definition) is 1. The molecule has 0 radical (unpaired) electrons. The molecule has 0 aliphatic rings. The summed E-state index contributed by atoms with van der Waals surface area (Å²) in [5.74, 6) is -2.35. The van der Waals surface area contributed by atoms with Crippen LogP contribution in [-0.4, -0.2) is 0 Å². The van der Waals surface area contributed by atoms with Crippen molar-refractivity contribution in [3.05, 3.63) is 65.0 Å². The quantitative estimate of drug-likeness (QED) is 0.844. The Bertz CT molecular complexity index is 568. The summed E-state index contributed by atoms with van der Waals surface area (Å²) >= 11 is 0. The van der Waals surface area contributed by atoms with Gasteiger partial charge in [-0.15, -0.1) is 0 Å². The standard InChI is InChI=1S/C16H16F3N/c1-10(2)12-5-3-11(4-6-12)9-20-16-14(18)7-13(17)8-15(16)19/h3-8,10,20H,9H2,1-2H3. The summed E-state index contributed by atoms with van der Waals surface area (Å²) in [6.45, 7) is 4.46. The third-order valence-electron chi connectivity index (χ3n) is 3.12. The number of benzene rings is 2. The fraction of sp³-hybridized carbons (Fsp3) is 0.250. The second kappa shape index (κ2) is 5.99. The molecule has 2 rings (SSSR count). The molecule has 0 aliphatic heterocycles. The largest absolute Gasteiger partial charge is 0.376 e. The number of rotatable bonds is 4. The molecule has 1 nitrogen and oxygen atoms in total. The van der Waals surface area contributed by atoms with Crippen LogP contribution in [0.25, 0.3) is 0 Å². The predicted molar refractivity (Wildman–Crippen MR) is 74.2 cm³/mol. The van der Waals surface area contributed by atoms with Gasteiger partial charge in [-0.05, 0) is 17.0 Å². The molecular weight excluding hydrogens is 263 g/mol. The van der Waals surface area contributed by atoms with Crippen LogP contribution in [0.2, 0.25) is 0 Å². The van der Waals surface area contributed by atoms with E-state index in [1.54, 1.807) is 0 Å². The Morgan fingerprint density at radius 1 is 0.950 bits per heavy atom. The van der Waals surface area contributed by atoms with Crippen molar-refractivity contribution >= 4 is 5.69 Å². The Hall–Kier alpha value is -1.97. The van der Waals surface area contributed by atoms with Crippen molar-refractivity contribution in [1.29, 1.82) is 0 Å². The maximum Gasteiger partial charge on any atom is 0.152 e. The molecule has 0 amide bonds. The van der Waals surface area contributed by atoms with Gasteiger partial charge in [-0.3, -0.25) is 0 Å². The van der Waals surface area contributed by atoms with Crippen LogP contribution in [0.1, 0.15) is 30.9 Å². The second-order valence-electron chi connectivity index (χ2n) is 4.99. The summed E-state index contributed by atoms with van der Waals surface area (Å²) in [6.07, 6.45) is 0. The highest BCUT2D eigenvalue weighted by Crippen LogP contribution is 2.21. The Morgan fingerprint density at radius 2 is 1.50 bits per heavy atom. The molecule has 2 aromatic carbocycles. The van der Waals surface area contributed by atoms with Gasteiger partial charge in [0.05, 0.1) is 0 Å². The van der Waals surface area contributed by atoms with Gasteiger partial charge in [-0.1, -0.05) is 38.1 Å². The zero-order valence-corrected chi connectivity index (χ0v) is 11.4. The predicted octanol–water partition coefficient (Wildman–Crippen LogP) is 4.84. The summed E-state index contributed by atoms with van der Waals surface area (Å²) in [4.78, 5) is 0. The van der Waals surface area contributed by atoms with E-state index in [4.69, 9.17) is 0 Å². The Labute approximate surface area is 116 Å². The molecule has 1 N–H and O–H groups in total. The van der Waals surface area contributed by atoms with E-state index in [9.17, 15) is 13.2 Å². The third kappa shape index (κ3) is 3.32. The summed E-state index contributed by atoms with van der Waals surface area (Å²) in [5, 5.41) is 2.66. The van der Waals surface area contributed by atoms with E-state index >= 15 is 0 Å². The molecule has 4 heteroatoms. The highest BCUT2D eigenvalue weighted by Gasteiger charge is 2.11. The van der Waals surface area contributed by atoms with Gasteiger partial charge in [0.1, 0.15) is 11.5 Å². The van der Waals surface area contributed by atoms with E-state index in [-0.39, 0.29) is 12.2 Å². The van der Waals surface area contributed by atoms with E-state index < -0.39 is 17.5 Å². The normalized spacial score (nSPS) is 10.9. The van der Waals surface area contributed by atoms with Gasteiger partial charge >= 0.3 is 0 Å². The molecule has 2 aromatic rings. The van der Waals surface area contributed by atoms with Gasteiger partial charge in [0.15, 0.2) is 11.6 Å². The van der Waals surface area contributed by atoms with Crippen molar-refractivity contribution in [2.45, 2.75) is 26.3 Å². The Morgan fingerprint density at radius 3 is 2.00 bits per heavy atom. The zero-order chi connectivity index (χ0) is 14.7. The van der Waals surface area contributed by atoms with Gasteiger partial charge in [0, 0.05) is 18.7 Å². The van der Waals surface area contributed by atoms with Gasteiger partial charge in [0.25, 0.3) is 0 Å². The number of nitrogens with one attached hydrogen (secondary N) is 1. The molecule has 0 aliphatic carbocycles. The van der Waals surface area contributed by atoms with E-state index in [1.165, 1.54) is 5.56 Å². The first-order valence-corrected chi connectivity index (χ1v) is 6.44. The lowest BCUT2D eigenvalue weighted by Crippen LogP contribution is -2.04. The molecule has 0 saturated carbocycles. The van der Waals surface area contributed by atoms with E-state index in [2.05, 4.69) is 19.2 Å². The summed E-state index contributed by atoms with van der Waals surface area (Å²) < 4.78 is 39.7. The van der Waals surface area contributed by atoms with E-state index in [0.717, 1.165) is 5.56 Å². The van der Waals surface area contributed by atoms with Crippen molar-refractivity contribution in [3.63, 3.8) is 0 Å². The highest BCUT2D eigenvalue weighted by atomic mass is 19.1. The molecule has 0 fully saturated rings. The van der Waals surface area contributed by atoms with E-state index in [1.807, 2.05) is 24.3 Å². The van der Waals surface area contributed by atoms with E-state index in [0.29, 0.717) is 18.1 Å². The molecule has 0 aromatic heterocycles. The fourth-order valence-electron chi connectivity index (χ4n) is 1.92. The van der Waals surface area contributed by atoms with Gasteiger partial charge < -0.3 is 5.32 Å². The first-order valence-electron chi connectivity index (χ1n) is 6.44. The average molecular weight is 279 g/mol. The topological polar surface area (TPSA) is 12.0 Å². The number of hydrogen-bond acceptors (Lipinski definition) is 1. The highest BCUT2D eigenvalue weighted by molar-refractivity contribution is 5.47. The van der Waals surface area contributed by atoms with Crippen LogP contribution in [-0.2, 0) is 6.54 Å². The van der Waals surface area contributed by atoms with Crippen LogP contribution < -0.4 is 5.32 Å².